The summed E-state index contributed by atoms with van der Waals surface area (Å²) in [6, 6.07) is 0. The molecule has 0 spiro atoms. The minimum absolute atomic E-state index is 0.271. The number of carbonyl (C=O) groups is 1. The molecule has 0 bridgehead atoms. The van der Waals surface area contributed by atoms with Crippen molar-refractivity contribution < 1.29 is 9.53 Å². The van der Waals surface area contributed by atoms with Crippen LogP contribution in [0.2, 0.25) is 0 Å². The zero-order chi connectivity index (χ0) is 4.12. The Balaban J connectivity index is 2.65. The minimum Gasteiger partial charge on any atom is -0.425 e. The molecule has 0 aliphatic rings. The Hall–Kier alpha value is -0.440. The smallest absolute Gasteiger partial charge is 0.298 e. The van der Waals surface area contributed by atoms with Crippen molar-refractivity contribution >= 4 is 24.2 Å². The van der Waals surface area contributed by atoms with E-state index >= 15 is 0 Å². The standard InChI is InChI=1S/C2H2O2S/c3-1-4-2-5/h1-2H. The minimum atomic E-state index is 0.271. The fraction of sp³-hybridized carbons (Fsp3) is 0. The van der Waals surface area contributed by atoms with Crippen molar-refractivity contribution in [2.45, 2.75) is 0 Å². The summed E-state index contributed by atoms with van der Waals surface area (Å²) in [6.45, 7) is 0.271. The number of thiocarbonyl (C=S) groups is 1. The molecular weight excluding hydrogens is 88.1 g/mol. The SMILES string of the molecule is O=COC=S. The van der Waals surface area contributed by atoms with E-state index in [0.29, 0.717) is 0 Å². The van der Waals surface area contributed by atoms with E-state index in [2.05, 4.69) is 17.0 Å². The van der Waals surface area contributed by atoms with Gasteiger partial charge in [-0.25, -0.2) is 0 Å². The van der Waals surface area contributed by atoms with E-state index in [1.54, 1.807) is 0 Å². The van der Waals surface area contributed by atoms with Crippen LogP contribution in [0, 0.1) is 0 Å². The van der Waals surface area contributed by atoms with Gasteiger partial charge in [0, 0.05) is 0 Å². The molecule has 0 heterocycles. The molecule has 2 nitrogen and oxygen atoms in total. The van der Waals surface area contributed by atoms with Crippen LogP contribution in [0.25, 0.3) is 0 Å². The Kier molecular flexibility index (Phi) is 3.25. The lowest BCUT2D eigenvalue weighted by atomic mass is 11.5. The Bertz CT molecular complexity index is 36.9. The molecule has 0 saturated heterocycles. The fourth-order valence-corrected chi connectivity index (χ4v) is 0.0680. The van der Waals surface area contributed by atoms with Gasteiger partial charge >= 0.3 is 0 Å². The van der Waals surface area contributed by atoms with Gasteiger partial charge in [-0.15, -0.1) is 0 Å². The third kappa shape index (κ3) is 3.56. The predicted octanol–water partition coefficient (Wildman–Crippen LogP) is 0.117. The molecule has 0 fully saturated rings. The lowest BCUT2D eigenvalue weighted by Crippen LogP contribution is -1.74. The molecule has 0 atom stereocenters. The quantitative estimate of drug-likeness (QED) is 0.356. The molecule has 0 rings (SSSR count). The first kappa shape index (κ1) is 4.56. The van der Waals surface area contributed by atoms with Crippen LogP contribution in [0.4, 0.5) is 0 Å². The third-order valence-corrected chi connectivity index (χ3v) is 0.222. The topological polar surface area (TPSA) is 26.3 Å². The third-order valence-electron chi connectivity index (χ3n) is 0.111. The molecule has 0 aliphatic carbocycles. The maximum atomic E-state index is 9.08. The van der Waals surface area contributed by atoms with Crippen LogP contribution in [0.15, 0.2) is 0 Å². The summed E-state index contributed by atoms with van der Waals surface area (Å²) in [5, 5.41) is 0. The Morgan fingerprint density at radius 2 is 2.40 bits per heavy atom. The highest BCUT2D eigenvalue weighted by molar-refractivity contribution is 7.78. The molecule has 0 aromatic rings. The van der Waals surface area contributed by atoms with Gasteiger partial charge < -0.3 is 4.74 Å². The van der Waals surface area contributed by atoms with Gasteiger partial charge in [-0.3, -0.25) is 4.79 Å². The molecule has 0 unspecified atom stereocenters. The van der Waals surface area contributed by atoms with Crippen LogP contribution in [0.5, 0.6) is 0 Å². The van der Waals surface area contributed by atoms with Crippen LogP contribution in [0.3, 0.4) is 0 Å². The molecule has 0 saturated carbocycles. The zero-order valence-corrected chi connectivity index (χ0v) is 3.20. The van der Waals surface area contributed by atoms with Crippen molar-refractivity contribution in [1.82, 2.24) is 0 Å². The lowest BCUT2D eigenvalue weighted by Gasteiger charge is -1.69. The van der Waals surface area contributed by atoms with Crippen molar-refractivity contribution in [2.75, 3.05) is 0 Å². The van der Waals surface area contributed by atoms with Gasteiger partial charge in [-0.2, -0.15) is 0 Å². The van der Waals surface area contributed by atoms with Crippen LogP contribution in [-0.2, 0) is 9.53 Å². The molecule has 0 amide bonds. The molecular formula is C2H2O2S. The molecule has 0 aromatic heterocycles. The second-order valence-corrected chi connectivity index (χ2v) is 0.521. The Morgan fingerprint density at radius 3 is 2.40 bits per heavy atom. The molecule has 5 heavy (non-hydrogen) atoms. The zero-order valence-electron chi connectivity index (χ0n) is 2.38. The number of carbonyl (C=O) groups excluding carboxylic acids is 1. The first-order chi connectivity index (χ1) is 2.41. The molecule has 0 N–H and O–H groups in total. The first-order valence-corrected chi connectivity index (χ1v) is 1.41. The van der Waals surface area contributed by atoms with E-state index in [0.717, 1.165) is 5.55 Å². The van der Waals surface area contributed by atoms with Crippen molar-refractivity contribution in [1.29, 1.82) is 0 Å². The summed E-state index contributed by atoms with van der Waals surface area (Å²) in [4.78, 5) is 9.08. The van der Waals surface area contributed by atoms with Gasteiger partial charge in [0.15, 0.2) is 5.55 Å². The molecule has 3 heteroatoms. The van der Waals surface area contributed by atoms with Crippen molar-refractivity contribution in [2.24, 2.45) is 0 Å². The number of rotatable bonds is 2. The van der Waals surface area contributed by atoms with Crippen LogP contribution in [0.1, 0.15) is 0 Å². The molecule has 0 aromatic carbocycles. The van der Waals surface area contributed by atoms with Gasteiger partial charge in [-0.1, -0.05) is 0 Å². The molecule has 0 aliphatic heterocycles. The van der Waals surface area contributed by atoms with Gasteiger partial charge in [0.2, 0.25) is 0 Å². The maximum absolute atomic E-state index is 9.08. The Morgan fingerprint density at radius 1 is 1.80 bits per heavy atom. The number of ether oxygens (including phenoxy) is 1. The monoisotopic (exact) mass is 90.0 g/mol. The van der Waals surface area contributed by atoms with Gasteiger partial charge in [0.25, 0.3) is 6.47 Å². The molecule has 28 valence electrons. The van der Waals surface area contributed by atoms with Crippen LogP contribution >= 0.6 is 12.2 Å². The second-order valence-electron chi connectivity index (χ2n) is 0.329. The van der Waals surface area contributed by atoms with Crippen molar-refractivity contribution in [3.8, 4) is 0 Å². The van der Waals surface area contributed by atoms with E-state index in [9.17, 15) is 0 Å². The van der Waals surface area contributed by atoms with Crippen LogP contribution in [-0.4, -0.2) is 12.0 Å². The van der Waals surface area contributed by atoms with E-state index in [-0.39, 0.29) is 6.47 Å². The number of hydrogen-bond acceptors (Lipinski definition) is 3. The summed E-state index contributed by atoms with van der Waals surface area (Å²) >= 11 is 4.07. The van der Waals surface area contributed by atoms with Crippen LogP contribution < -0.4 is 0 Å². The average molecular weight is 90.1 g/mol. The highest BCUT2D eigenvalue weighted by atomic mass is 32.1. The highest BCUT2D eigenvalue weighted by Gasteiger charge is 1.54. The first-order valence-electron chi connectivity index (χ1n) is 0.943. The maximum Gasteiger partial charge on any atom is 0.298 e. The normalized spacial score (nSPS) is 5.60. The number of hydrogen-bond donors (Lipinski definition) is 0. The summed E-state index contributed by atoms with van der Waals surface area (Å²) in [6.07, 6.45) is 0. The van der Waals surface area contributed by atoms with E-state index in [1.807, 2.05) is 0 Å². The predicted molar refractivity (Wildman–Crippen MR) is 20.8 cm³/mol. The average Bonchev–Trinajstić information content (AvgIpc) is 1.41. The summed E-state index contributed by atoms with van der Waals surface area (Å²) in [7, 11) is 0. The largest absolute Gasteiger partial charge is 0.425 e. The van der Waals surface area contributed by atoms with E-state index in [4.69, 9.17) is 4.79 Å². The van der Waals surface area contributed by atoms with Gasteiger partial charge in [0.05, 0.1) is 0 Å². The fourth-order valence-electron chi connectivity index (χ4n) is 0.0227. The van der Waals surface area contributed by atoms with Crippen molar-refractivity contribution in [3.63, 3.8) is 0 Å². The summed E-state index contributed by atoms with van der Waals surface area (Å²) in [5.74, 6) is 0. The van der Waals surface area contributed by atoms with E-state index < -0.39 is 0 Å². The van der Waals surface area contributed by atoms with E-state index in [1.165, 1.54) is 0 Å². The Labute approximate surface area is 34.7 Å². The van der Waals surface area contributed by atoms with Crippen molar-refractivity contribution in [3.05, 3.63) is 0 Å². The summed E-state index contributed by atoms with van der Waals surface area (Å²) in [5.41, 5.74) is 0.896. The van der Waals surface area contributed by atoms with Gasteiger partial charge in [0.1, 0.15) is 0 Å². The second kappa shape index (κ2) is 3.56. The lowest BCUT2D eigenvalue weighted by molar-refractivity contribution is -0.121. The van der Waals surface area contributed by atoms with Gasteiger partial charge in [-0.05, 0) is 12.2 Å². The molecule has 0 radical (unpaired) electrons. The summed E-state index contributed by atoms with van der Waals surface area (Å²) < 4.78 is 3.84. The highest BCUT2D eigenvalue weighted by Crippen LogP contribution is 1.48.